The first kappa shape index (κ1) is 12.1. The van der Waals surface area contributed by atoms with Gasteiger partial charge in [0.15, 0.2) is 22.2 Å². The van der Waals surface area contributed by atoms with Crippen LogP contribution in [0.15, 0.2) is 21.9 Å². The second-order valence-electron chi connectivity index (χ2n) is 2.22. The number of benzene rings is 1. The molecule has 0 amide bonds. The maximum atomic E-state index is 10.7. The van der Waals surface area contributed by atoms with Crippen molar-refractivity contribution in [2.45, 2.75) is 9.79 Å². The third-order valence-electron chi connectivity index (χ3n) is 1.36. The molecule has 0 bridgehead atoms. The van der Waals surface area contributed by atoms with Gasteiger partial charge in [0.05, 0.1) is 19.8 Å². The third kappa shape index (κ3) is 2.53. The zero-order chi connectivity index (χ0) is 10.9. The SMILES string of the molecule is O=S(O)c1cc(Cl)c(Cl)c(S(=O)O)c1. The van der Waals surface area contributed by atoms with E-state index in [1.165, 1.54) is 0 Å². The highest BCUT2D eigenvalue weighted by atomic mass is 35.5. The fraction of sp³-hybridized carbons (Fsp3) is 0. The van der Waals surface area contributed by atoms with Crippen molar-refractivity contribution in [2.75, 3.05) is 0 Å². The molecule has 1 rings (SSSR count). The molecule has 0 aliphatic rings. The lowest BCUT2D eigenvalue weighted by Crippen LogP contribution is -1.95. The van der Waals surface area contributed by atoms with Crippen LogP contribution < -0.4 is 0 Å². The highest BCUT2D eigenvalue weighted by Gasteiger charge is 2.14. The van der Waals surface area contributed by atoms with Crippen molar-refractivity contribution < 1.29 is 17.5 Å². The highest BCUT2D eigenvalue weighted by Crippen LogP contribution is 2.30. The van der Waals surface area contributed by atoms with Crippen molar-refractivity contribution in [3.8, 4) is 0 Å². The Kier molecular flexibility index (Phi) is 4.05. The Morgan fingerprint density at radius 2 is 1.64 bits per heavy atom. The van der Waals surface area contributed by atoms with E-state index in [1.807, 2.05) is 0 Å². The molecular weight excluding hydrogens is 271 g/mol. The van der Waals surface area contributed by atoms with Crippen molar-refractivity contribution in [1.29, 1.82) is 0 Å². The van der Waals surface area contributed by atoms with Gasteiger partial charge in [-0.1, -0.05) is 23.2 Å². The lowest BCUT2D eigenvalue weighted by atomic mass is 10.4. The normalized spacial score (nSPS) is 15.1. The van der Waals surface area contributed by atoms with Gasteiger partial charge in [0.25, 0.3) is 0 Å². The van der Waals surface area contributed by atoms with Crippen molar-refractivity contribution in [3.05, 3.63) is 22.2 Å². The van der Waals surface area contributed by atoms with Crippen LogP contribution in [0.4, 0.5) is 0 Å². The molecule has 0 aromatic heterocycles. The van der Waals surface area contributed by atoms with Gasteiger partial charge in [-0.2, -0.15) is 0 Å². The zero-order valence-corrected chi connectivity index (χ0v) is 9.58. The van der Waals surface area contributed by atoms with Gasteiger partial charge in [-0.25, -0.2) is 8.42 Å². The third-order valence-corrected chi connectivity index (χ3v) is 3.61. The molecule has 78 valence electrons. The van der Waals surface area contributed by atoms with Crippen LogP contribution in [0.1, 0.15) is 0 Å². The second-order valence-corrected chi connectivity index (χ2v) is 4.91. The van der Waals surface area contributed by atoms with Crippen LogP contribution in [0.2, 0.25) is 10.0 Å². The van der Waals surface area contributed by atoms with Crippen LogP contribution >= 0.6 is 23.2 Å². The van der Waals surface area contributed by atoms with Gasteiger partial charge in [0.2, 0.25) is 0 Å². The lowest BCUT2D eigenvalue weighted by Gasteiger charge is -2.03. The minimum absolute atomic E-state index is 0.0380. The van der Waals surface area contributed by atoms with Crippen LogP contribution in [0.3, 0.4) is 0 Å². The van der Waals surface area contributed by atoms with Crippen LogP contribution in [0.5, 0.6) is 0 Å². The summed E-state index contributed by atoms with van der Waals surface area (Å²) in [6, 6.07) is 2.22. The maximum absolute atomic E-state index is 10.7. The number of rotatable bonds is 2. The van der Waals surface area contributed by atoms with Gasteiger partial charge < -0.3 is 9.11 Å². The summed E-state index contributed by atoms with van der Waals surface area (Å²) in [4.78, 5) is -0.256. The molecule has 2 N–H and O–H groups in total. The Morgan fingerprint density at radius 1 is 1.07 bits per heavy atom. The molecule has 0 fully saturated rings. The quantitative estimate of drug-likeness (QED) is 0.811. The minimum Gasteiger partial charge on any atom is -0.302 e. The van der Waals surface area contributed by atoms with Gasteiger partial charge in [-0.15, -0.1) is 0 Å². The smallest absolute Gasteiger partial charge is 0.188 e. The first-order valence-electron chi connectivity index (χ1n) is 3.14. The second kappa shape index (κ2) is 4.69. The molecule has 0 radical (unpaired) electrons. The summed E-state index contributed by atoms with van der Waals surface area (Å²) in [6.45, 7) is 0. The molecule has 14 heavy (non-hydrogen) atoms. The van der Waals surface area contributed by atoms with E-state index in [4.69, 9.17) is 32.3 Å². The molecule has 1 aromatic rings. The molecule has 0 saturated heterocycles. The molecule has 0 saturated carbocycles. The van der Waals surface area contributed by atoms with E-state index in [-0.39, 0.29) is 19.8 Å². The van der Waals surface area contributed by atoms with E-state index in [2.05, 4.69) is 0 Å². The predicted molar refractivity (Wildman–Crippen MR) is 54.5 cm³/mol. The molecule has 0 aliphatic carbocycles. The molecule has 8 heteroatoms. The summed E-state index contributed by atoms with van der Waals surface area (Å²) >= 11 is 6.58. The van der Waals surface area contributed by atoms with E-state index in [0.29, 0.717) is 0 Å². The van der Waals surface area contributed by atoms with Crippen molar-refractivity contribution >= 4 is 45.4 Å². The van der Waals surface area contributed by atoms with Crippen molar-refractivity contribution in [2.24, 2.45) is 0 Å². The molecule has 2 unspecified atom stereocenters. The summed E-state index contributed by atoms with van der Waals surface area (Å²) in [6.07, 6.45) is 0. The largest absolute Gasteiger partial charge is 0.302 e. The average molecular weight is 275 g/mol. The predicted octanol–water partition coefficient (Wildman–Crippen LogP) is 2.15. The van der Waals surface area contributed by atoms with Crippen molar-refractivity contribution in [3.63, 3.8) is 0 Å². The molecule has 0 spiro atoms. The summed E-state index contributed by atoms with van der Waals surface area (Å²) in [5, 5.41) is -0.134. The first-order chi connectivity index (χ1) is 6.43. The van der Waals surface area contributed by atoms with Gasteiger partial charge >= 0.3 is 0 Å². The Labute approximate surface area is 94.8 Å². The summed E-state index contributed by atoms with van der Waals surface area (Å²) in [5.41, 5.74) is 0. The maximum Gasteiger partial charge on any atom is 0.188 e. The number of halogens is 2. The number of hydrogen-bond acceptors (Lipinski definition) is 2. The fourth-order valence-electron chi connectivity index (χ4n) is 0.768. The zero-order valence-electron chi connectivity index (χ0n) is 6.44. The Balaban J connectivity index is 3.43. The monoisotopic (exact) mass is 274 g/mol. The molecule has 2 atom stereocenters. The van der Waals surface area contributed by atoms with E-state index in [9.17, 15) is 8.42 Å². The van der Waals surface area contributed by atoms with E-state index in [1.54, 1.807) is 0 Å². The average Bonchev–Trinajstić information content (AvgIpc) is 2.08. The van der Waals surface area contributed by atoms with Gasteiger partial charge in [0, 0.05) is 0 Å². The van der Waals surface area contributed by atoms with Crippen LogP contribution in [-0.4, -0.2) is 17.5 Å². The number of hydrogen-bond donors (Lipinski definition) is 2. The van der Waals surface area contributed by atoms with E-state index >= 15 is 0 Å². The van der Waals surface area contributed by atoms with Crippen LogP contribution in [-0.2, 0) is 22.2 Å². The van der Waals surface area contributed by atoms with Gasteiger partial charge in [-0.05, 0) is 12.1 Å². The first-order valence-corrected chi connectivity index (χ1v) is 6.11. The van der Waals surface area contributed by atoms with E-state index in [0.717, 1.165) is 12.1 Å². The lowest BCUT2D eigenvalue weighted by molar-refractivity contribution is 0.562. The van der Waals surface area contributed by atoms with E-state index < -0.39 is 22.2 Å². The Hall–Kier alpha value is 0.0200. The summed E-state index contributed by atoms with van der Waals surface area (Å²) in [5.74, 6) is 0. The van der Waals surface area contributed by atoms with Crippen LogP contribution in [0, 0.1) is 0 Å². The molecule has 1 aromatic carbocycles. The molecule has 0 heterocycles. The molecular formula is C6H4Cl2O4S2. The van der Waals surface area contributed by atoms with Gasteiger partial charge in [0.1, 0.15) is 0 Å². The highest BCUT2D eigenvalue weighted by molar-refractivity contribution is 7.80. The molecule has 4 nitrogen and oxygen atoms in total. The summed E-state index contributed by atoms with van der Waals surface area (Å²) < 4.78 is 38.9. The Morgan fingerprint density at radius 3 is 2.07 bits per heavy atom. The van der Waals surface area contributed by atoms with Gasteiger partial charge in [-0.3, -0.25) is 0 Å². The van der Waals surface area contributed by atoms with Crippen LogP contribution in [0.25, 0.3) is 0 Å². The van der Waals surface area contributed by atoms with Crippen molar-refractivity contribution in [1.82, 2.24) is 0 Å². The minimum atomic E-state index is -2.34. The Bertz CT molecular complexity index is 421. The molecule has 0 aliphatic heterocycles. The fourth-order valence-corrected chi connectivity index (χ4v) is 2.42. The summed E-state index contributed by atoms with van der Waals surface area (Å²) in [7, 11) is 0. The topological polar surface area (TPSA) is 74.6 Å². The standard InChI is InChI=1S/C6H4Cl2O4S2/c7-4-1-3(13(9)10)2-5(6(4)8)14(11)12/h1-2H,(H,9,10)(H,11,12).